The van der Waals surface area contributed by atoms with Crippen LogP contribution < -0.4 is 4.90 Å². The van der Waals surface area contributed by atoms with Crippen molar-refractivity contribution < 1.29 is 9.32 Å². The smallest absolute Gasteiger partial charge is 0.222 e. The molecule has 0 atom stereocenters. The molecule has 0 radical (unpaired) electrons. The van der Waals surface area contributed by atoms with E-state index in [-0.39, 0.29) is 5.91 Å². The molecule has 1 aromatic carbocycles. The predicted molar refractivity (Wildman–Crippen MR) is 98.7 cm³/mol. The Kier molecular flexibility index (Phi) is 5.41. The summed E-state index contributed by atoms with van der Waals surface area (Å²) in [6, 6.07) is 11.0. The van der Waals surface area contributed by atoms with Crippen molar-refractivity contribution in [3.63, 3.8) is 0 Å². The largest absolute Gasteiger partial charge is 0.371 e. The first kappa shape index (κ1) is 17.5. The zero-order chi connectivity index (χ0) is 17.8. The van der Waals surface area contributed by atoms with Crippen LogP contribution >= 0.6 is 0 Å². The van der Waals surface area contributed by atoms with Gasteiger partial charge in [-0.05, 0) is 45.2 Å². The lowest BCUT2D eigenvalue weighted by molar-refractivity contribution is -0.132. The molecule has 1 fully saturated rings. The highest BCUT2D eigenvalue weighted by Crippen LogP contribution is 2.22. The number of anilines is 1. The minimum Gasteiger partial charge on any atom is -0.371 e. The maximum atomic E-state index is 12.5. The standard InChI is InChI=1S/C20H27N3O2/c1-15-19(16(2)25-21-15)9-10-20(24)23-13-11-18(12-14-23)22(3)17-7-5-4-6-8-17/h4-8,18H,9-14H2,1-3H3. The number of carbonyl (C=O) groups excluding carboxylic acids is 1. The summed E-state index contributed by atoms with van der Waals surface area (Å²) in [5.74, 6) is 1.06. The van der Waals surface area contributed by atoms with Crippen molar-refractivity contribution in [2.75, 3.05) is 25.0 Å². The fourth-order valence-electron chi connectivity index (χ4n) is 3.63. The van der Waals surface area contributed by atoms with Gasteiger partial charge in [0.2, 0.25) is 5.91 Å². The molecular formula is C20H27N3O2. The van der Waals surface area contributed by atoms with Crippen molar-refractivity contribution in [2.45, 2.75) is 45.6 Å². The Morgan fingerprint density at radius 1 is 1.24 bits per heavy atom. The van der Waals surface area contributed by atoms with E-state index in [4.69, 9.17) is 4.52 Å². The van der Waals surface area contributed by atoms with Crippen LogP contribution in [-0.4, -0.2) is 42.1 Å². The molecule has 1 amide bonds. The van der Waals surface area contributed by atoms with E-state index >= 15 is 0 Å². The summed E-state index contributed by atoms with van der Waals surface area (Å²) in [5, 5.41) is 3.96. The molecule has 5 nitrogen and oxygen atoms in total. The first-order valence-electron chi connectivity index (χ1n) is 9.03. The van der Waals surface area contributed by atoms with Gasteiger partial charge in [-0.2, -0.15) is 0 Å². The van der Waals surface area contributed by atoms with Crippen molar-refractivity contribution >= 4 is 11.6 Å². The fourth-order valence-corrected chi connectivity index (χ4v) is 3.63. The van der Waals surface area contributed by atoms with E-state index in [0.29, 0.717) is 18.9 Å². The molecule has 2 heterocycles. The van der Waals surface area contributed by atoms with Gasteiger partial charge in [0.05, 0.1) is 5.69 Å². The molecule has 134 valence electrons. The van der Waals surface area contributed by atoms with Crippen LogP contribution in [-0.2, 0) is 11.2 Å². The summed E-state index contributed by atoms with van der Waals surface area (Å²) in [7, 11) is 2.15. The Labute approximate surface area is 149 Å². The van der Waals surface area contributed by atoms with E-state index in [1.54, 1.807) is 0 Å². The predicted octanol–water partition coefficient (Wildman–Crippen LogP) is 3.35. The molecule has 1 saturated heterocycles. The summed E-state index contributed by atoms with van der Waals surface area (Å²) in [5.41, 5.74) is 3.21. The third-order valence-electron chi connectivity index (χ3n) is 5.30. The maximum Gasteiger partial charge on any atom is 0.222 e. The van der Waals surface area contributed by atoms with Gasteiger partial charge in [-0.15, -0.1) is 0 Å². The van der Waals surface area contributed by atoms with Crippen LogP contribution in [0, 0.1) is 13.8 Å². The molecule has 1 aliphatic rings. The lowest BCUT2D eigenvalue weighted by atomic mass is 10.0. The molecule has 0 saturated carbocycles. The van der Waals surface area contributed by atoms with E-state index < -0.39 is 0 Å². The van der Waals surface area contributed by atoms with Gasteiger partial charge in [-0.1, -0.05) is 23.4 Å². The molecule has 0 aliphatic carbocycles. The van der Waals surface area contributed by atoms with E-state index in [1.165, 1.54) is 5.69 Å². The summed E-state index contributed by atoms with van der Waals surface area (Å²) < 4.78 is 5.18. The Hall–Kier alpha value is -2.30. The second-order valence-electron chi connectivity index (χ2n) is 6.86. The monoisotopic (exact) mass is 341 g/mol. The molecule has 2 aromatic rings. The van der Waals surface area contributed by atoms with Crippen LogP contribution in [0.15, 0.2) is 34.9 Å². The van der Waals surface area contributed by atoms with Crippen molar-refractivity contribution in [1.29, 1.82) is 0 Å². The first-order chi connectivity index (χ1) is 12.1. The minimum atomic E-state index is 0.237. The third kappa shape index (κ3) is 4.03. The second-order valence-corrected chi connectivity index (χ2v) is 6.86. The highest BCUT2D eigenvalue weighted by Gasteiger charge is 2.25. The zero-order valence-electron chi connectivity index (χ0n) is 15.4. The molecule has 1 aliphatic heterocycles. The Balaban J connectivity index is 1.49. The minimum absolute atomic E-state index is 0.237. The van der Waals surface area contributed by atoms with Gasteiger partial charge in [0, 0.05) is 43.9 Å². The van der Waals surface area contributed by atoms with Crippen molar-refractivity contribution in [3.05, 3.63) is 47.3 Å². The topological polar surface area (TPSA) is 49.6 Å². The lowest BCUT2D eigenvalue weighted by Gasteiger charge is -2.38. The number of likely N-dealkylation sites (tertiary alicyclic amines) is 1. The molecule has 0 unspecified atom stereocenters. The van der Waals surface area contributed by atoms with Gasteiger partial charge >= 0.3 is 0 Å². The van der Waals surface area contributed by atoms with Crippen LogP contribution in [0.25, 0.3) is 0 Å². The molecule has 3 rings (SSSR count). The SMILES string of the molecule is Cc1noc(C)c1CCC(=O)N1CCC(N(C)c2ccccc2)CC1. The summed E-state index contributed by atoms with van der Waals surface area (Å²) in [6.07, 6.45) is 3.27. The Morgan fingerprint density at radius 2 is 1.92 bits per heavy atom. The van der Waals surface area contributed by atoms with Gasteiger partial charge in [0.15, 0.2) is 0 Å². The molecule has 0 spiro atoms. The summed E-state index contributed by atoms with van der Waals surface area (Å²) in [4.78, 5) is 16.9. The normalized spacial score (nSPS) is 15.4. The van der Waals surface area contributed by atoms with Gasteiger partial charge in [-0.25, -0.2) is 0 Å². The van der Waals surface area contributed by atoms with Crippen molar-refractivity contribution in [1.82, 2.24) is 10.1 Å². The number of aromatic nitrogens is 1. The van der Waals surface area contributed by atoms with Crippen LogP contribution in [0.3, 0.4) is 0 Å². The zero-order valence-corrected chi connectivity index (χ0v) is 15.4. The number of piperidine rings is 1. The second kappa shape index (κ2) is 7.72. The van der Waals surface area contributed by atoms with E-state index in [0.717, 1.165) is 42.9 Å². The van der Waals surface area contributed by atoms with Crippen LogP contribution in [0.5, 0.6) is 0 Å². The van der Waals surface area contributed by atoms with Gasteiger partial charge in [0.1, 0.15) is 5.76 Å². The van der Waals surface area contributed by atoms with E-state index in [9.17, 15) is 4.79 Å². The molecule has 5 heteroatoms. The van der Waals surface area contributed by atoms with E-state index in [2.05, 4.69) is 41.4 Å². The van der Waals surface area contributed by atoms with Crippen molar-refractivity contribution in [3.8, 4) is 0 Å². The number of carbonyl (C=O) groups is 1. The lowest BCUT2D eigenvalue weighted by Crippen LogP contribution is -2.45. The number of benzene rings is 1. The van der Waals surface area contributed by atoms with Crippen molar-refractivity contribution in [2.24, 2.45) is 0 Å². The number of hydrogen-bond acceptors (Lipinski definition) is 4. The maximum absolute atomic E-state index is 12.5. The van der Waals surface area contributed by atoms with Crippen LogP contribution in [0.1, 0.15) is 36.3 Å². The van der Waals surface area contributed by atoms with E-state index in [1.807, 2.05) is 24.8 Å². The number of amides is 1. The molecule has 0 N–H and O–H groups in total. The van der Waals surface area contributed by atoms with Gasteiger partial charge in [-0.3, -0.25) is 4.79 Å². The molecule has 1 aromatic heterocycles. The highest BCUT2D eigenvalue weighted by molar-refractivity contribution is 5.76. The molecular weight excluding hydrogens is 314 g/mol. The Morgan fingerprint density at radius 3 is 2.52 bits per heavy atom. The summed E-state index contributed by atoms with van der Waals surface area (Å²) >= 11 is 0. The van der Waals surface area contributed by atoms with Gasteiger partial charge < -0.3 is 14.3 Å². The number of hydrogen-bond donors (Lipinski definition) is 0. The summed E-state index contributed by atoms with van der Waals surface area (Å²) in [6.45, 7) is 5.51. The third-order valence-corrected chi connectivity index (χ3v) is 5.30. The average molecular weight is 341 g/mol. The number of rotatable bonds is 5. The highest BCUT2D eigenvalue weighted by atomic mass is 16.5. The van der Waals surface area contributed by atoms with Gasteiger partial charge in [0.25, 0.3) is 0 Å². The molecule has 25 heavy (non-hydrogen) atoms. The first-order valence-corrected chi connectivity index (χ1v) is 9.03. The number of aryl methyl sites for hydroxylation is 2. The van der Waals surface area contributed by atoms with Crippen LogP contribution in [0.2, 0.25) is 0 Å². The fraction of sp³-hybridized carbons (Fsp3) is 0.500. The number of nitrogens with zero attached hydrogens (tertiary/aromatic N) is 3. The molecule has 0 bridgehead atoms. The Bertz CT molecular complexity index is 683. The van der Waals surface area contributed by atoms with Crippen LogP contribution in [0.4, 0.5) is 5.69 Å². The average Bonchev–Trinajstić information content (AvgIpc) is 2.98. The quantitative estimate of drug-likeness (QED) is 0.837. The number of para-hydroxylation sites is 1.